The lowest BCUT2D eigenvalue weighted by Crippen LogP contribution is -2.38. The van der Waals surface area contributed by atoms with Crippen molar-refractivity contribution in [2.75, 3.05) is 32.8 Å². The Hall–Kier alpha value is -8.01. The highest BCUT2D eigenvalue weighted by molar-refractivity contribution is 7.49. The van der Waals surface area contributed by atoms with E-state index in [4.69, 9.17) is 53.6 Å². The summed E-state index contributed by atoms with van der Waals surface area (Å²) in [6.07, 6.45) is -5.29. The average molecular weight is 1150 g/mol. The first-order chi connectivity index (χ1) is 39.0. The first kappa shape index (κ1) is 57.7. The molecule has 2 aromatic heterocycles. The predicted molar refractivity (Wildman–Crippen MR) is 295 cm³/mol. The average Bonchev–Trinajstić information content (AvgIpc) is 4.19. The van der Waals surface area contributed by atoms with Crippen molar-refractivity contribution in [2.45, 2.75) is 82.0 Å². The third-order valence-electron chi connectivity index (χ3n) is 13.5. The lowest BCUT2D eigenvalue weighted by atomic mass is 9.80. The molecule has 1 amide bonds. The minimum absolute atomic E-state index is 0.0244. The summed E-state index contributed by atoms with van der Waals surface area (Å²) in [7, 11) is -1.91. The van der Waals surface area contributed by atoms with Gasteiger partial charge in [0.2, 0.25) is 0 Å². The number of carbonyl (C=O) groups excluding carboxylic acids is 3. The van der Waals surface area contributed by atoms with Gasteiger partial charge in [0.05, 0.1) is 38.9 Å². The number of para-hydroxylation sites is 1. The van der Waals surface area contributed by atoms with Gasteiger partial charge in [0, 0.05) is 42.8 Å². The fourth-order valence-electron chi connectivity index (χ4n) is 9.39. The molecule has 7 aromatic rings. The van der Waals surface area contributed by atoms with E-state index >= 15 is 4.57 Å². The van der Waals surface area contributed by atoms with Gasteiger partial charge in [-0.3, -0.25) is 37.5 Å². The molecule has 2 saturated heterocycles. The molecule has 23 heteroatoms. The van der Waals surface area contributed by atoms with E-state index in [1.54, 1.807) is 80.9 Å². The van der Waals surface area contributed by atoms with Crippen LogP contribution in [0.15, 0.2) is 166 Å². The third kappa shape index (κ3) is 13.6. The van der Waals surface area contributed by atoms with Crippen molar-refractivity contribution in [2.24, 2.45) is 0 Å². The molecular formula is C58H57ClN5O16P. The normalized spacial score (nSPS) is 19.5. The molecule has 0 radical (unpaired) electrons. The SMILES string of the molecule is COc1ccc(C(OC[C@H]2O[C@@H](n3ccc(NC(=O)c4ccccc4)nc3=O)C[C@@H]2OP(=O)(OC[C@H]2O[C@@H](n3cc(C)c(=O)[nH]c3=O)C[C@@H]2OC(=O)CCC(C)=O)Oc2ccccc2Cl)(c2ccccc2)c2ccc(OC)cc2)cc1. The predicted octanol–water partition coefficient (Wildman–Crippen LogP) is 8.48. The van der Waals surface area contributed by atoms with Gasteiger partial charge in [0.15, 0.2) is 0 Å². The van der Waals surface area contributed by atoms with Crippen LogP contribution in [0.3, 0.4) is 0 Å². The van der Waals surface area contributed by atoms with Crippen molar-refractivity contribution >= 4 is 42.9 Å². The number of H-pyrrole nitrogens is 1. The number of hydrogen-bond donors (Lipinski definition) is 2. The Labute approximate surface area is 469 Å². The number of aryl methyl sites for hydroxylation is 1. The summed E-state index contributed by atoms with van der Waals surface area (Å²) in [5, 5.41) is 2.67. The highest BCUT2D eigenvalue weighted by atomic mass is 35.5. The number of aromatic amines is 1. The summed E-state index contributed by atoms with van der Waals surface area (Å²) in [5.74, 6) is -0.489. The summed E-state index contributed by atoms with van der Waals surface area (Å²) in [5.41, 5.74) is -1.09. The van der Waals surface area contributed by atoms with Crippen molar-refractivity contribution in [1.82, 2.24) is 19.1 Å². The number of methoxy groups -OCH3 is 2. The number of halogens is 1. The van der Waals surface area contributed by atoms with Gasteiger partial charge in [-0.25, -0.2) is 14.2 Å². The number of ketones is 1. The minimum atomic E-state index is -5.03. The molecule has 5 aromatic carbocycles. The van der Waals surface area contributed by atoms with Crippen molar-refractivity contribution < 1.29 is 60.9 Å². The van der Waals surface area contributed by atoms with Crippen molar-refractivity contribution in [3.8, 4) is 17.2 Å². The van der Waals surface area contributed by atoms with Crippen molar-refractivity contribution in [3.63, 3.8) is 0 Å². The highest BCUT2D eigenvalue weighted by Gasteiger charge is 2.48. The second-order valence-corrected chi connectivity index (χ2v) is 20.9. The number of benzene rings is 5. The maximum Gasteiger partial charge on any atom is 0.530 e. The van der Waals surface area contributed by atoms with Crippen LogP contribution in [0, 0.1) is 6.92 Å². The number of amides is 1. The molecule has 7 atom stereocenters. The second-order valence-electron chi connectivity index (χ2n) is 19.0. The molecule has 9 rings (SSSR count). The molecule has 0 bridgehead atoms. The van der Waals surface area contributed by atoms with E-state index in [0.717, 1.165) is 4.57 Å². The zero-order valence-corrected chi connectivity index (χ0v) is 46.0. The molecule has 2 aliphatic heterocycles. The largest absolute Gasteiger partial charge is 0.530 e. The lowest BCUT2D eigenvalue weighted by molar-refractivity contribution is -0.153. The van der Waals surface area contributed by atoms with Gasteiger partial charge in [-0.2, -0.15) is 4.98 Å². The number of anilines is 1. The molecule has 0 aliphatic carbocycles. The van der Waals surface area contributed by atoms with E-state index in [2.05, 4.69) is 15.3 Å². The van der Waals surface area contributed by atoms with Crippen molar-refractivity contribution in [3.05, 3.63) is 216 Å². The fourth-order valence-corrected chi connectivity index (χ4v) is 11.1. The van der Waals surface area contributed by atoms with E-state index in [9.17, 15) is 28.8 Å². The van der Waals surface area contributed by atoms with Crippen molar-refractivity contribution in [1.29, 1.82) is 0 Å². The summed E-state index contributed by atoms with van der Waals surface area (Å²) < 4.78 is 74.0. The minimum Gasteiger partial charge on any atom is -0.497 e. The monoisotopic (exact) mass is 1150 g/mol. The molecule has 0 saturated carbocycles. The van der Waals surface area contributed by atoms with Crippen LogP contribution in [0.25, 0.3) is 0 Å². The van der Waals surface area contributed by atoms with E-state index in [-0.39, 0.29) is 60.2 Å². The number of hydrogen-bond acceptors (Lipinski definition) is 17. The Balaban J connectivity index is 1.09. The van der Waals surface area contributed by atoms with Crippen LogP contribution in [-0.2, 0) is 47.8 Å². The van der Waals surface area contributed by atoms with Crippen LogP contribution >= 0.6 is 19.4 Å². The van der Waals surface area contributed by atoms with Crippen LogP contribution < -0.4 is 36.3 Å². The van der Waals surface area contributed by atoms with Gasteiger partial charge < -0.3 is 43.1 Å². The molecule has 0 spiro atoms. The number of nitrogens with one attached hydrogen (secondary N) is 2. The van der Waals surface area contributed by atoms with Gasteiger partial charge in [0.25, 0.3) is 11.5 Å². The second kappa shape index (κ2) is 25.6. The Kier molecular flexibility index (Phi) is 18.2. The van der Waals surface area contributed by atoms with E-state index in [1.165, 1.54) is 49.0 Å². The first-order valence-electron chi connectivity index (χ1n) is 25.7. The highest BCUT2D eigenvalue weighted by Crippen LogP contribution is 2.55. The summed E-state index contributed by atoms with van der Waals surface area (Å²) in [6.45, 7) is 1.83. The van der Waals surface area contributed by atoms with Gasteiger partial charge in [-0.05, 0) is 85.1 Å². The maximum absolute atomic E-state index is 15.7. The van der Waals surface area contributed by atoms with Crippen LogP contribution in [0.5, 0.6) is 17.2 Å². The van der Waals surface area contributed by atoms with Gasteiger partial charge in [-0.1, -0.05) is 96.5 Å². The molecule has 2 fully saturated rings. The topological polar surface area (TPSA) is 253 Å². The number of phosphoric ester groups is 1. The molecule has 21 nitrogen and oxygen atoms in total. The molecule has 1 unspecified atom stereocenters. The maximum atomic E-state index is 15.7. The number of rotatable bonds is 23. The van der Waals surface area contributed by atoms with Crippen LogP contribution in [-0.4, -0.2) is 88.6 Å². The number of carbonyl (C=O) groups is 3. The summed E-state index contributed by atoms with van der Waals surface area (Å²) >= 11 is 6.62. The van der Waals surface area contributed by atoms with E-state index in [1.807, 2.05) is 54.6 Å². The number of nitrogens with zero attached hydrogens (tertiary/aromatic N) is 3. The van der Waals surface area contributed by atoms with E-state index in [0.29, 0.717) is 33.8 Å². The number of aromatic nitrogens is 4. The Morgan fingerprint density at radius 3 is 1.94 bits per heavy atom. The number of Topliss-reactive ketones (excluding diaryl/α,β-unsaturated/α-hetero) is 1. The molecule has 2 N–H and O–H groups in total. The van der Waals surface area contributed by atoms with Crippen LogP contribution in [0.4, 0.5) is 5.82 Å². The smallest absolute Gasteiger partial charge is 0.497 e. The standard InChI is InChI=1S/C58H57ClN5O16P/c1-36-33-64(57(70)62-54(36)67)52-31-46(78-53(66)28-19-37(2)65)49(77-52)35-75-81(71,79-45-18-12-11-17-44(45)59)80-47-32-51(63-30-29-50(61-56(63)69)60-55(68)38-13-7-5-8-14-38)76-48(47)34-74-58(39-15-9-6-10-16-39,40-20-24-42(72-3)25-21-40)41-22-26-43(73-4)27-23-41/h5-18,20-27,29-30,33,46-49,51-52H,19,28,31-32,34-35H2,1-4H3,(H,62,67,70)(H,60,61,68,69)/t46-,47-,48+,49+,51+,52+,81?/m0/s1. The summed E-state index contributed by atoms with van der Waals surface area (Å²) in [4.78, 5) is 83.9. The quantitative estimate of drug-likeness (QED) is 0.0346. The van der Waals surface area contributed by atoms with Gasteiger partial charge >= 0.3 is 25.2 Å². The molecule has 2 aliphatic rings. The Morgan fingerprint density at radius 2 is 1.32 bits per heavy atom. The van der Waals surface area contributed by atoms with Gasteiger partial charge in [0.1, 0.15) is 71.3 Å². The van der Waals surface area contributed by atoms with E-state index < -0.39 is 85.7 Å². The molecule has 422 valence electrons. The molecule has 81 heavy (non-hydrogen) atoms. The van der Waals surface area contributed by atoms with Gasteiger partial charge in [-0.15, -0.1) is 0 Å². The molecule has 4 heterocycles. The molecular weight excluding hydrogens is 1090 g/mol. The lowest BCUT2D eigenvalue weighted by Gasteiger charge is -2.37. The zero-order valence-electron chi connectivity index (χ0n) is 44.3. The van der Waals surface area contributed by atoms with Crippen LogP contribution in [0.2, 0.25) is 5.02 Å². The third-order valence-corrected chi connectivity index (χ3v) is 15.3. The number of ether oxygens (including phenoxy) is 6. The number of esters is 1. The fraction of sp³-hybridized carbons (Fsp3) is 0.293. The summed E-state index contributed by atoms with van der Waals surface area (Å²) in [6, 6.07) is 40.0. The zero-order chi connectivity index (χ0) is 57.3. The first-order valence-corrected chi connectivity index (χ1v) is 27.5. The number of phosphoric acid groups is 1. The Morgan fingerprint density at radius 1 is 0.741 bits per heavy atom. The Bertz CT molecular complexity index is 3540. The van der Waals surface area contributed by atoms with Crippen LogP contribution in [0.1, 0.15) is 77.7 Å².